The minimum Gasteiger partial charge on any atom is -0.365 e. The number of anilines is 1. The summed E-state index contributed by atoms with van der Waals surface area (Å²) in [6.07, 6.45) is 7.42. The standard InChI is InChI=1S/C23H29N3O2S/c24-22(28)21-18-8-4-5-9-19(18)29-23(21)25-20(27)15-26-12-10-17(11-13-26)14-16-6-2-1-3-7-16/h1-3,6-7,17H,4-5,8-15H2,(H2,24,28)(H,25,27). The number of carbonyl (C=O) groups is 2. The summed E-state index contributed by atoms with van der Waals surface area (Å²) in [4.78, 5) is 28.0. The van der Waals surface area contributed by atoms with Gasteiger partial charge in [0.05, 0.1) is 12.1 Å². The van der Waals surface area contributed by atoms with Gasteiger partial charge in [-0.2, -0.15) is 0 Å². The molecule has 0 spiro atoms. The zero-order valence-electron chi connectivity index (χ0n) is 16.8. The fourth-order valence-corrected chi connectivity index (χ4v) is 5.89. The second-order valence-electron chi connectivity index (χ2n) is 8.24. The highest BCUT2D eigenvalue weighted by Gasteiger charge is 2.26. The molecule has 1 aromatic carbocycles. The molecule has 1 fully saturated rings. The number of fused-ring (bicyclic) bond motifs is 1. The van der Waals surface area contributed by atoms with E-state index in [0.717, 1.165) is 63.6 Å². The third-order valence-corrected chi connectivity index (χ3v) is 7.32. The van der Waals surface area contributed by atoms with E-state index in [1.165, 1.54) is 21.8 Å². The number of carbonyl (C=O) groups excluding carboxylic acids is 2. The van der Waals surface area contributed by atoms with Crippen molar-refractivity contribution in [3.05, 3.63) is 51.9 Å². The van der Waals surface area contributed by atoms with Crippen molar-refractivity contribution in [1.82, 2.24) is 4.90 Å². The molecule has 0 radical (unpaired) electrons. The van der Waals surface area contributed by atoms with Crippen LogP contribution in [0.2, 0.25) is 0 Å². The molecule has 3 N–H and O–H groups in total. The molecule has 0 saturated carbocycles. The molecule has 2 heterocycles. The number of rotatable bonds is 6. The van der Waals surface area contributed by atoms with Gasteiger partial charge in [0, 0.05) is 4.88 Å². The third-order valence-electron chi connectivity index (χ3n) is 6.11. The topological polar surface area (TPSA) is 75.4 Å². The van der Waals surface area contributed by atoms with Crippen molar-refractivity contribution in [3.63, 3.8) is 0 Å². The lowest BCUT2D eigenvalue weighted by atomic mass is 9.90. The van der Waals surface area contributed by atoms with Gasteiger partial charge in [0.2, 0.25) is 5.91 Å². The van der Waals surface area contributed by atoms with E-state index in [1.54, 1.807) is 0 Å². The third kappa shape index (κ3) is 4.87. The molecule has 154 valence electrons. The Morgan fingerprint density at radius 1 is 1.10 bits per heavy atom. The average molecular weight is 412 g/mol. The van der Waals surface area contributed by atoms with E-state index in [4.69, 9.17) is 5.73 Å². The molecule has 0 atom stereocenters. The molecular weight excluding hydrogens is 382 g/mol. The normalized spacial score (nSPS) is 17.7. The number of nitrogens with two attached hydrogens (primary N) is 1. The summed E-state index contributed by atoms with van der Waals surface area (Å²) < 4.78 is 0. The number of hydrogen-bond donors (Lipinski definition) is 2. The average Bonchev–Trinajstić information content (AvgIpc) is 3.08. The molecule has 4 rings (SSSR count). The molecule has 6 heteroatoms. The number of benzene rings is 1. The van der Waals surface area contributed by atoms with Gasteiger partial charge in [-0.15, -0.1) is 11.3 Å². The first-order valence-electron chi connectivity index (χ1n) is 10.6. The number of primary amides is 1. The van der Waals surface area contributed by atoms with Gasteiger partial charge in [0.15, 0.2) is 0 Å². The largest absolute Gasteiger partial charge is 0.365 e. The number of aryl methyl sites for hydroxylation is 1. The second-order valence-corrected chi connectivity index (χ2v) is 9.34. The zero-order valence-corrected chi connectivity index (χ0v) is 17.6. The Balaban J connectivity index is 1.31. The van der Waals surface area contributed by atoms with Crippen molar-refractivity contribution >= 4 is 28.2 Å². The van der Waals surface area contributed by atoms with Crippen molar-refractivity contribution in [2.75, 3.05) is 25.0 Å². The van der Waals surface area contributed by atoms with Gasteiger partial charge < -0.3 is 11.1 Å². The lowest BCUT2D eigenvalue weighted by molar-refractivity contribution is -0.117. The van der Waals surface area contributed by atoms with Crippen LogP contribution in [0.1, 0.15) is 52.0 Å². The first-order chi connectivity index (χ1) is 14.1. The fourth-order valence-electron chi connectivity index (χ4n) is 4.58. The molecule has 1 aliphatic heterocycles. The first kappa shape index (κ1) is 20.1. The number of hydrogen-bond acceptors (Lipinski definition) is 4. The molecule has 2 aliphatic rings. The summed E-state index contributed by atoms with van der Waals surface area (Å²) in [5.74, 6) is 0.205. The van der Waals surface area contributed by atoms with Gasteiger partial charge in [-0.1, -0.05) is 30.3 Å². The lowest BCUT2D eigenvalue weighted by Crippen LogP contribution is -2.39. The van der Waals surface area contributed by atoms with E-state index < -0.39 is 5.91 Å². The van der Waals surface area contributed by atoms with Crippen LogP contribution in [0.15, 0.2) is 30.3 Å². The Kier molecular flexibility index (Phi) is 6.31. The van der Waals surface area contributed by atoms with Crippen LogP contribution in [-0.4, -0.2) is 36.3 Å². The Morgan fingerprint density at radius 3 is 2.55 bits per heavy atom. The highest BCUT2D eigenvalue weighted by atomic mass is 32.1. The second kappa shape index (κ2) is 9.09. The summed E-state index contributed by atoms with van der Waals surface area (Å²) in [6, 6.07) is 10.6. The van der Waals surface area contributed by atoms with Crippen molar-refractivity contribution in [1.29, 1.82) is 0 Å². The van der Waals surface area contributed by atoms with Gasteiger partial charge in [-0.05, 0) is 75.1 Å². The smallest absolute Gasteiger partial charge is 0.251 e. The molecule has 0 bridgehead atoms. The predicted octanol–water partition coefficient (Wildman–Crippen LogP) is 3.62. The molecule has 2 aromatic rings. The van der Waals surface area contributed by atoms with Crippen LogP contribution in [0.3, 0.4) is 0 Å². The zero-order chi connectivity index (χ0) is 20.2. The van der Waals surface area contributed by atoms with Crippen LogP contribution in [0.25, 0.3) is 0 Å². The highest BCUT2D eigenvalue weighted by molar-refractivity contribution is 7.17. The molecule has 1 aromatic heterocycles. The van der Waals surface area contributed by atoms with E-state index in [9.17, 15) is 9.59 Å². The van der Waals surface area contributed by atoms with E-state index >= 15 is 0 Å². The van der Waals surface area contributed by atoms with Crippen LogP contribution >= 0.6 is 11.3 Å². The van der Waals surface area contributed by atoms with Gasteiger partial charge in [-0.25, -0.2) is 0 Å². The van der Waals surface area contributed by atoms with Crippen LogP contribution < -0.4 is 11.1 Å². The fraction of sp³-hybridized carbons (Fsp3) is 0.478. The van der Waals surface area contributed by atoms with Crippen molar-refractivity contribution in [2.45, 2.75) is 44.9 Å². The van der Waals surface area contributed by atoms with E-state index in [1.807, 2.05) is 0 Å². The maximum atomic E-state index is 12.6. The number of nitrogens with one attached hydrogen (secondary N) is 1. The summed E-state index contributed by atoms with van der Waals surface area (Å²) in [5.41, 5.74) is 8.62. The van der Waals surface area contributed by atoms with E-state index in [0.29, 0.717) is 23.0 Å². The van der Waals surface area contributed by atoms with E-state index in [-0.39, 0.29) is 5.91 Å². The molecule has 29 heavy (non-hydrogen) atoms. The van der Waals surface area contributed by atoms with Crippen LogP contribution in [0.5, 0.6) is 0 Å². The maximum absolute atomic E-state index is 12.6. The number of nitrogens with zero attached hydrogens (tertiary/aromatic N) is 1. The number of amides is 2. The summed E-state index contributed by atoms with van der Waals surface area (Å²) in [5, 5.41) is 3.63. The Bertz CT molecular complexity index is 870. The molecule has 0 unspecified atom stereocenters. The highest BCUT2D eigenvalue weighted by Crippen LogP contribution is 2.37. The Morgan fingerprint density at radius 2 is 1.83 bits per heavy atom. The summed E-state index contributed by atoms with van der Waals surface area (Å²) in [6.45, 7) is 2.25. The molecular formula is C23H29N3O2S. The lowest BCUT2D eigenvalue weighted by Gasteiger charge is -2.31. The van der Waals surface area contributed by atoms with Crippen molar-refractivity contribution in [3.8, 4) is 0 Å². The van der Waals surface area contributed by atoms with Gasteiger partial charge in [0.1, 0.15) is 5.00 Å². The monoisotopic (exact) mass is 411 g/mol. The number of thiophene rings is 1. The quantitative estimate of drug-likeness (QED) is 0.762. The first-order valence-corrected chi connectivity index (χ1v) is 11.4. The molecule has 1 aliphatic carbocycles. The maximum Gasteiger partial charge on any atom is 0.251 e. The summed E-state index contributed by atoms with van der Waals surface area (Å²) >= 11 is 1.53. The molecule has 1 saturated heterocycles. The Labute approximate surface area is 176 Å². The SMILES string of the molecule is NC(=O)c1c(NC(=O)CN2CCC(Cc3ccccc3)CC2)sc2c1CCCC2. The minimum atomic E-state index is -0.429. The van der Waals surface area contributed by atoms with Crippen molar-refractivity contribution < 1.29 is 9.59 Å². The van der Waals surface area contributed by atoms with E-state index in [2.05, 4.69) is 40.5 Å². The molecule has 2 amide bonds. The van der Waals surface area contributed by atoms with Gasteiger partial charge >= 0.3 is 0 Å². The number of piperidine rings is 1. The van der Waals surface area contributed by atoms with Gasteiger partial charge in [-0.3, -0.25) is 14.5 Å². The number of likely N-dealkylation sites (tertiary alicyclic amines) is 1. The van der Waals surface area contributed by atoms with Crippen LogP contribution in [0, 0.1) is 5.92 Å². The predicted molar refractivity (Wildman–Crippen MR) is 117 cm³/mol. The van der Waals surface area contributed by atoms with Crippen LogP contribution in [0.4, 0.5) is 5.00 Å². The van der Waals surface area contributed by atoms with Gasteiger partial charge in [0.25, 0.3) is 5.91 Å². The molecule has 5 nitrogen and oxygen atoms in total. The summed E-state index contributed by atoms with van der Waals surface area (Å²) in [7, 11) is 0. The van der Waals surface area contributed by atoms with Crippen LogP contribution in [-0.2, 0) is 24.1 Å². The van der Waals surface area contributed by atoms with Crippen molar-refractivity contribution in [2.24, 2.45) is 11.7 Å². The minimum absolute atomic E-state index is 0.0485. The Hall–Kier alpha value is -2.18.